The number of benzene rings is 1. The van der Waals surface area contributed by atoms with E-state index in [1.54, 1.807) is 4.68 Å². The van der Waals surface area contributed by atoms with E-state index >= 15 is 0 Å². The van der Waals surface area contributed by atoms with Crippen LogP contribution in [0.3, 0.4) is 0 Å². The Morgan fingerprint density at radius 1 is 1.04 bits per heavy atom. The fraction of sp³-hybridized carbons (Fsp3) is 0.500. The van der Waals surface area contributed by atoms with Crippen molar-refractivity contribution < 1.29 is 4.74 Å². The van der Waals surface area contributed by atoms with Crippen molar-refractivity contribution in [3.05, 3.63) is 29.8 Å². The Hall–Kier alpha value is -2.19. The topological polar surface area (TPSA) is 52.8 Å². The van der Waals surface area contributed by atoms with Crippen LogP contribution >= 0.6 is 0 Å². The van der Waals surface area contributed by atoms with Crippen LogP contribution in [0.15, 0.2) is 24.3 Å². The summed E-state index contributed by atoms with van der Waals surface area (Å²) >= 11 is 0. The Balaban J connectivity index is 1.53. The first-order chi connectivity index (χ1) is 11.4. The summed E-state index contributed by atoms with van der Waals surface area (Å²) in [6, 6.07) is 8.16. The standard InChI is InChI=1S/C18H20N4O/c1-2-13-23-17(6-1)22-18(19-20-21-22)16-11-9-15(10-12-16)8-7-14-4-3-5-14/h9-12,14,17H,1-6,13H2. The lowest BCUT2D eigenvalue weighted by Gasteiger charge is -2.23. The molecule has 0 spiro atoms. The summed E-state index contributed by atoms with van der Waals surface area (Å²) in [7, 11) is 0. The maximum Gasteiger partial charge on any atom is 0.184 e. The van der Waals surface area contributed by atoms with Crippen LogP contribution in [0.2, 0.25) is 0 Å². The van der Waals surface area contributed by atoms with E-state index in [-0.39, 0.29) is 6.23 Å². The van der Waals surface area contributed by atoms with Gasteiger partial charge < -0.3 is 4.74 Å². The largest absolute Gasteiger partial charge is 0.356 e. The second-order valence-corrected chi connectivity index (χ2v) is 6.24. The van der Waals surface area contributed by atoms with Gasteiger partial charge in [-0.1, -0.05) is 18.3 Å². The van der Waals surface area contributed by atoms with Crippen LogP contribution in [0, 0.1) is 17.8 Å². The molecule has 1 saturated carbocycles. The zero-order valence-electron chi connectivity index (χ0n) is 13.1. The molecule has 2 aliphatic rings. The smallest absolute Gasteiger partial charge is 0.184 e. The minimum atomic E-state index is -0.0492. The summed E-state index contributed by atoms with van der Waals surface area (Å²) in [5, 5.41) is 12.1. The third-order valence-corrected chi connectivity index (χ3v) is 4.59. The highest BCUT2D eigenvalue weighted by Gasteiger charge is 2.21. The summed E-state index contributed by atoms with van der Waals surface area (Å²) in [6.45, 7) is 0.777. The maximum atomic E-state index is 5.79. The first-order valence-corrected chi connectivity index (χ1v) is 8.41. The van der Waals surface area contributed by atoms with Gasteiger partial charge in [0, 0.05) is 23.7 Å². The molecule has 1 unspecified atom stereocenters. The molecule has 1 aliphatic carbocycles. The van der Waals surface area contributed by atoms with Crippen LogP contribution in [0.5, 0.6) is 0 Å². The highest BCUT2D eigenvalue weighted by molar-refractivity contribution is 5.56. The van der Waals surface area contributed by atoms with Crippen LogP contribution in [0.25, 0.3) is 11.4 Å². The lowest BCUT2D eigenvalue weighted by atomic mass is 9.86. The van der Waals surface area contributed by atoms with Gasteiger partial charge in [-0.2, -0.15) is 4.68 Å². The second-order valence-electron chi connectivity index (χ2n) is 6.24. The van der Waals surface area contributed by atoms with Crippen molar-refractivity contribution >= 4 is 0 Å². The molecule has 0 bridgehead atoms. The Morgan fingerprint density at radius 3 is 2.61 bits per heavy atom. The Bertz CT molecular complexity index is 715. The fourth-order valence-electron chi connectivity index (χ4n) is 2.93. The molecule has 118 valence electrons. The molecule has 5 heteroatoms. The van der Waals surface area contributed by atoms with Crippen LogP contribution < -0.4 is 0 Å². The van der Waals surface area contributed by atoms with Gasteiger partial charge in [-0.3, -0.25) is 0 Å². The molecule has 2 aromatic rings. The van der Waals surface area contributed by atoms with Gasteiger partial charge in [0.15, 0.2) is 12.1 Å². The van der Waals surface area contributed by atoms with Crippen LogP contribution in [0.1, 0.15) is 50.3 Å². The van der Waals surface area contributed by atoms with Gasteiger partial charge in [-0.25, -0.2) is 0 Å². The molecule has 4 rings (SSSR count). The Labute approximate surface area is 136 Å². The van der Waals surface area contributed by atoms with E-state index in [2.05, 4.69) is 27.4 Å². The molecule has 0 radical (unpaired) electrons. The number of aromatic nitrogens is 4. The quantitative estimate of drug-likeness (QED) is 0.800. The molecule has 2 heterocycles. The fourth-order valence-corrected chi connectivity index (χ4v) is 2.93. The molecule has 23 heavy (non-hydrogen) atoms. The monoisotopic (exact) mass is 308 g/mol. The van der Waals surface area contributed by atoms with Crippen molar-refractivity contribution in [2.45, 2.75) is 44.8 Å². The van der Waals surface area contributed by atoms with Crippen molar-refractivity contribution in [2.24, 2.45) is 5.92 Å². The number of ether oxygens (including phenoxy) is 1. The number of nitrogens with zero attached hydrogens (tertiary/aromatic N) is 4. The summed E-state index contributed by atoms with van der Waals surface area (Å²) in [6.07, 6.45) is 7.00. The number of rotatable bonds is 2. The second kappa shape index (κ2) is 6.51. The van der Waals surface area contributed by atoms with E-state index in [0.29, 0.717) is 5.92 Å². The van der Waals surface area contributed by atoms with E-state index in [1.807, 2.05) is 24.3 Å². The van der Waals surface area contributed by atoms with Crippen LogP contribution in [-0.4, -0.2) is 26.8 Å². The SMILES string of the molecule is C(#CC1CCC1)c1ccc(-c2nnnn2C2CCCCO2)cc1. The normalized spacial score (nSPS) is 21.3. The molecule has 1 aromatic heterocycles. The minimum Gasteiger partial charge on any atom is -0.356 e. The molecular weight excluding hydrogens is 288 g/mol. The van der Waals surface area contributed by atoms with E-state index < -0.39 is 0 Å². The van der Waals surface area contributed by atoms with E-state index in [1.165, 1.54) is 19.3 Å². The maximum absolute atomic E-state index is 5.79. The third-order valence-electron chi connectivity index (χ3n) is 4.59. The first-order valence-electron chi connectivity index (χ1n) is 8.41. The molecule has 1 atom stereocenters. The van der Waals surface area contributed by atoms with Gasteiger partial charge in [-0.05, 0) is 66.8 Å². The molecule has 0 N–H and O–H groups in total. The minimum absolute atomic E-state index is 0.0492. The van der Waals surface area contributed by atoms with Crippen molar-refractivity contribution in [1.29, 1.82) is 0 Å². The summed E-state index contributed by atoms with van der Waals surface area (Å²) < 4.78 is 7.59. The summed E-state index contributed by atoms with van der Waals surface area (Å²) in [5.41, 5.74) is 2.05. The zero-order valence-corrected chi connectivity index (χ0v) is 13.1. The van der Waals surface area contributed by atoms with Crippen molar-refractivity contribution in [1.82, 2.24) is 20.2 Å². The molecule has 1 saturated heterocycles. The Kier molecular flexibility index (Phi) is 4.08. The predicted molar refractivity (Wildman–Crippen MR) is 86.3 cm³/mol. The van der Waals surface area contributed by atoms with E-state index in [0.717, 1.165) is 42.8 Å². The van der Waals surface area contributed by atoms with Gasteiger partial charge in [0.1, 0.15) is 0 Å². The van der Waals surface area contributed by atoms with Gasteiger partial charge in [0.05, 0.1) is 0 Å². The van der Waals surface area contributed by atoms with Crippen molar-refractivity contribution in [2.75, 3.05) is 6.61 Å². The zero-order chi connectivity index (χ0) is 15.5. The van der Waals surface area contributed by atoms with Crippen LogP contribution in [-0.2, 0) is 4.74 Å². The average Bonchev–Trinajstić information content (AvgIpc) is 3.04. The molecule has 5 nitrogen and oxygen atoms in total. The highest BCUT2D eigenvalue weighted by Crippen LogP contribution is 2.27. The predicted octanol–water partition coefficient (Wildman–Crippen LogP) is 3.19. The highest BCUT2D eigenvalue weighted by atomic mass is 16.5. The molecule has 0 amide bonds. The molecule has 1 aliphatic heterocycles. The summed E-state index contributed by atoms with van der Waals surface area (Å²) in [4.78, 5) is 0. The lowest BCUT2D eigenvalue weighted by Crippen LogP contribution is -2.20. The number of hydrogen-bond acceptors (Lipinski definition) is 4. The van der Waals surface area contributed by atoms with E-state index in [4.69, 9.17) is 4.74 Å². The van der Waals surface area contributed by atoms with Crippen molar-refractivity contribution in [3.8, 4) is 23.2 Å². The number of tetrazole rings is 1. The third kappa shape index (κ3) is 3.13. The summed E-state index contributed by atoms with van der Waals surface area (Å²) in [5.74, 6) is 7.96. The number of hydrogen-bond donors (Lipinski definition) is 0. The first kappa shape index (κ1) is 14.4. The molecule has 1 aromatic carbocycles. The Morgan fingerprint density at radius 2 is 1.91 bits per heavy atom. The lowest BCUT2D eigenvalue weighted by molar-refractivity contribution is -0.0394. The van der Waals surface area contributed by atoms with Crippen LogP contribution in [0.4, 0.5) is 0 Å². The molecular formula is C18H20N4O. The van der Waals surface area contributed by atoms with Gasteiger partial charge in [-0.15, -0.1) is 5.10 Å². The average molecular weight is 308 g/mol. The van der Waals surface area contributed by atoms with Crippen molar-refractivity contribution in [3.63, 3.8) is 0 Å². The van der Waals surface area contributed by atoms with E-state index in [9.17, 15) is 0 Å². The molecule has 2 fully saturated rings. The van der Waals surface area contributed by atoms with Gasteiger partial charge >= 0.3 is 0 Å². The van der Waals surface area contributed by atoms with Gasteiger partial charge in [0.25, 0.3) is 0 Å². The van der Waals surface area contributed by atoms with Gasteiger partial charge in [0.2, 0.25) is 0 Å².